The van der Waals surface area contributed by atoms with E-state index in [0.29, 0.717) is 11.3 Å². The fourth-order valence-electron chi connectivity index (χ4n) is 3.37. The number of hydrogen-bond donors (Lipinski definition) is 5. The minimum Gasteiger partial charge on any atom is -0.401 e. The third-order valence-electron chi connectivity index (χ3n) is 5.14. The van der Waals surface area contributed by atoms with Gasteiger partial charge >= 0.3 is 0 Å². The third kappa shape index (κ3) is 6.52. The molecule has 33 heavy (non-hydrogen) atoms. The summed E-state index contributed by atoms with van der Waals surface area (Å²) in [5.41, 5.74) is 9.16. The van der Waals surface area contributed by atoms with Gasteiger partial charge in [0.2, 0.25) is 0 Å². The number of fused-ring (bicyclic) bond motifs is 1. The van der Waals surface area contributed by atoms with Crippen LogP contribution in [0.2, 0.25) is 0 Å². The number of benzene rings is 3. The summed E-state index contributed by atoms with van der Waals surface area (Å²) in [6.07, 6.45) is 1.90. The highest BCUT2D eigenvalue weighted by atomic mass is 19.1. The zero-order valence-electron chi connectivity index (χ0n) is 17.9. The third-order valence-corrected chi connectivity index (χ3v) is 5.14. The minimum atomic E-state index is -0.913. The van der Waals surface area contributed by atoms with Gasteiger partial charge in [-0.1, -0.05) is 42.5 Å². The maximum atomic E-state index is 13.0. The SMILES string of the molecule is N/C(=C\N(N)[C@H](Cc1ccc2ccccc2c1)C(=O)NO)CCNC(=O)c1ccc(F)cc1. The number of amides is 2. The van der Waals surface area contributed by atoms with Crippen LogP contribution in [0.3, 0.4) is 0 Å². The van der Waals surface area contributed by atoms with Crippen molar-refractivity contribution < 1.29 is 19.2 Å². The fourth-order valence-corrected chi connectivity index (χ4v) is 3.37. The summed E-state index contributed by atoms with van der Waals surface area (Å²) in [4.78, 5) is 24.3. The van der Waals surface area contributed by atoms with Gasteiger partial charge in [0.1, 0.15) is 11.9 Å². The van der Waals surface area contributed by atoms with E-state index in [2.05, 4.69) is 5.32 Å². The Bertz CT molecular complexity index is 1150. The van der Waals surface area contributed by atoms with Gasteiger partial charge in [-0.3, -0.25) is 14.8 Å². The first-order valence-electron chi connectivity index (χ1n) is 10.3. The van der Waals surface area contributed by atoms with E-state index < -0.39 is 17.8 Å². The first kappa shape index (κ1) is 23.7. The Morgan fingerprint density at radius 2 is 1.76 bits per heavy atom. The van der Waals surface area contributed by atoms with E-state index in [4.69, 9.17) is 16.8 Å². The molecule has 3 rings (SSSR count). The van der Waals surface area contributed by atoms with Crippen molar-refractivity contribution >= 4 is 22.6 Å². The lowest BCUT2D eigenvalue weighted by atomic mass is 10.0. The number of rotatable bonds is 9. The van der Waals surface area contributed by atoms with Gasteiger partial charge in [-0.15, -0.1) is 0 Å². The lowest BCUT2D eigenvalue weighted by Gasteiger charge is -2.25. The number of hydrogen-bond acceptors (Lipinski definition) is 6. The molecular weight excluding hydrogens is 425 g/mol. The maximum absolute atomic E-state index is 13.0. The molecular formula is C24H26FN5O3. The summed E-state index contributed by atoms with van der Waals surface area (Å²) < 4.78 is 13.0. The Morgan fingerprint density at radius 3 is 2.45 bits per heavy atom. The first-order valence-corrected chi connectivity index (χ1v) is 10.3. The van der Waals surface area contributed by atoms with Crippen LogP contribution in [0.4, 0.5) is 4.39 Å². The van der Waals surface area contributed by atoms with Crippen molar-refractivity contribution in [3.05, 3.63) is 95.6 Å². The number of hydroxylamine groups is 1. The lowest BCUT2D eigenvalue weighted by molar-refractivity contribution is -0.134. The number of halogens is 1. The highest BCUT2D eigenvalue weighted by molar-refractivity contribution is 5.94. The fraction of sp³-hybridized carbons (Fsp3) is 0.167. The molecule has 0 fully saturated rings. The molecule has 0 saturated carbocycles. The van der Waals surface area contributed by atoms with Crippen molar-refractivity contribution in [3.8, 4) is 0 Å². The van der Waals surface area contributed by atoms with E-state index in [9.17, 15) is 14.0 Å². The van der Waals surface area contributed by atoms with Crippen molar-refractivity contribution in [1.29, 1.82) is 0 Å². The van der Waals surface area contributed by atoms with E-state index in [0.717, 1.165) is 21.3 Å². The van der Waals surface area contributed by atoms with Crippen LogP contribution in [0.1, 0.15) is 22.3 Å². The molecule has 172 valence electrons. The van der Waals surface area contributed by atoms with Crippen LogP contribution in [0.5, 0.6) is 0 Å². The van der Waals surface area contributed by atoms with Gasteiger partial charge in [-0.25, -0.2) is 15.7 Å². The van der Waals surface area contributed by atoms with E-state index in [1.165, 1.54) is 30.5 Å². The standard InChI is InChI=1S/C24H26FN5O3/c25-20-9-7-18(8-10-20)23(31)28-12-11-21(26)15-30(27)22(24(32)29-33)14-16-5-6-17-3-1-2-4-19(17)13-16/h1-10,13,15,22,33H,11-12,14,26-27H2,(H,28,31)(H,29,32)/b21-15-/t22-/m1/s1. The van der Waals surface area contributed by atoms with Crippen molar-refractivity contribution in [3.63, 3.8) is 0 Å². The Hall–Kier alpha value is -3.95. The number of hydrazine groups is 1. The molecule has 0 spiro atoms. The smallest absolute Gasteiger partial charge is 0.267 e. The molecule has 0 saturated heterocycles. The van der Waals surface area contributed by atoms with Gasteiger partial charge in [0.15, 0.2) is 0 Å². The molecule has 0 bridgehead atoms. The van der Waals surface area contributed by atoms with Crippen molar-refractivity contribution in [2.45, 2.75) is 18.9 Å². The zero-order chi connectivity index (χ0) is 23.8. The zero-order valence-corrected chi connectivity index (χ0v) is 17.9. The molecule has 8 nitrogen and oxygen atoms in total. The predicted molar refractivity (Wildman–Crippen MR) is 123 cm³/mol. The van der Waals surface area contributed by atoms with E-state index in [-0.39, 0.29) is 25.3 Å². The summed E-state index contributed by atoms with van der Waals surface area (Å²) in [5, 5.41) is 15.1. The number of nitrogens with two attached hydrogens (primary N) is 2. The molecule has 0 heterocycles. The van der Waals surface area contributed by atoms with E-state index >= 15 is 0 Å². The Labute approximate surface area is 190 Å². The topological polar surface area (TPSA) is 134 Å². The molecule has 0 aliphatic heterocycles. The minimum absolute atomic E-state index is 0.216. The van der Waals surface area contributed by atoms with Crippen molar-refractivity contribution in [1.82, 2.24) is 15.8 Å². The normalized spacial score (nSPS) is 12.3. The van der Waals surface area contributed by atoms with Gasteiger partial charge in [0.25, 0.3) is 11.8 Å². The average Bonchev–Trinajstić information content (AvgIpc) is 2.82. The van der Waals surface area contributed by atoms with Gasteiger partial charge in [0.05, 0.1) is 0 Å². The summed E-state index contributed by atoms with van der Waals surface area (Å²) >= 11 is 0. The van der Waals surface area contributed by atoms with Crippen LogP contribution in [0, 0.1) is 5.82 Å². The number of carbonyl (C=O) groups is 2. The molecule has 2 amide bonds. The Morgan fingerprint density at radius 1 is 1.06 bits per heavy atom. The molecule has 0 aliphatic rings. The summed E-state index contributed by atoms with van der Waals surface area (Å²) in [6, 6.07) is 17.9. The number of nitrogens with one attached hydrogen (secondary N) is 2. The molecule has 3 aromatic carbocycles. The number of carbonyl (C=O) groups excluding carboxylic acids is 2. The molecule has 7 N–H and O–H groups in total. The quantitative estimate of drug-likeness (QED) is 0.192. The number of nitrogens with zero attached hydrogens (tertiary/aromatic N) is 1. The average molecular weight is 452 g/mol. The van der Waals surface area contributed by atoms with Gasteiger partial charge in [-0.2, -0.15) is 0 Å². The summed E-state index contributed by atoms with van der Waals surface area (Å²) in [5.74, 6) is 4.61. The predicted octanol–water partition coefficient (Wildman–Crippen LogP) is 2.19. The highest BCUT2D eigenvalue weighted by Gasteiger charge is 2.23. The van der Waals surface area contributed by atoms with Crippen LogP contribution >= 0.6 is 0 Å². The summed E-state index contributed by atoms with van der Waals surface area (Å²) in [6.45, 7) is 0.216. The lowest BCUT2D eigenvalue weighted by Crippen LogP contribution is -2.48. The molecule has 0 unspecified atom stereocenters. The first-order chi connectivity index (χ1) is 15.9. The monoisotopic (exact) mass is 451 g/mol. The van der Waals surface area contributed by atoms with Crippen molar-refractivity contribution in [2.24, 2.45) is 11.6 Å². The van der Waals surface area contributed by atoms with Gasteiger partial charge in [-0.05, 0) is 40.6 Å². The van der Waals surface area contributed by atoms with Crippen molar-refractivity contribution in [2.75, 3.05) is 6.54 Å². The van der Waals surface area contributed by atoms with Gasteiger partial charge < -0.3 is 16.1 Å². The van der Waals surface area contributed by atoms with E-state index in [1.54, 1.807) is 5.48 Å². The Kier molecular flexibility index (Phi) is 7.96. The second-order valence-electron chi connectivity index (χ2n) is 7.54. The van der Waals surface area contributed by atoms with Crippen LogP contribution < -0.4 is 22.4 Å². The largest absolute Gasteiger partial charge is 0.401 e. The molecule has 0 radical (unpaired) electrons. The Balaban J connectivity index is 1.61. The molecule has 3 aromatic rings. The van der Waals surface area contributed by atoms with E-state index in [1.807, 2.05) is 42.5 Å². The maximum Gasteiger partial charge on any atom is 0.267 e. The second kappa shape index (κ2) is 11.1. The van der Waals surface area contributed by atoms with Crippen LogP contribution in [0.25, 0.3) is 10.8 Å². The molecule has 0 aliphatic carbocycles. The highest BCUT2D eigenvalue weighted by Crippen LogP contribution is 2.18. The molecule has 1 atom stereocenters. The molecule has 9 heteroatoms. The molecule has 0 aromatic heterocycles. The van der Waals surface area contributed by atoms with Gasteiger partial charge in [0, 0.05) is 36.8 Å². The second-order valence-corrected chi connectivity index (χ2v) is 7.54. The van der Waals surface area contributed by atoms with Crippen LogP contribution in [-0.2, 0) is 11.2 Å². The summed E-state index contributed by atoms with van der Waals surface area (Å²) in [7, 11) is 0. The van der Waals surface area contributed by atoms with Crippen LogP contribution in [-0.4, -0.2) is 34.6 Å². The van der Waals surface area contributed by atoms with Crippen LogP contribution in [0.15, 0.2) is 78.6 Å².